The third kappa shape index (κ3) is 1.95. The van der Waals surface area contributed by atoms with Gasteiger partial charge in [0, 0.05) is 12.3 Å². The Balaban J connectivity index is 3.25. The lowest BCUT2D eigenvalue weighted by Gasteiger charge is -2.02. The summed E-state index contributed by atoms with van der Waals surface area (Å²) in [5.74, 6) is 0.207. The summed E-state index contributed by atoms with van der Waals surface area (Å²) >= 11 is 5.22. The summed E-state index contributed by atoms with van der Waals surface area (Å²) in [6, 6.07) is 3.28. The molecule has 0 bridgehead atoms. The Bertz CT molecular complexity index is 384. The topological polar surface area (TPSA) is 63.0 Å². The van der Waals surface area contributed by atoms with Crippen LogP contribution in [0.5, 0.6) is 5.75 Å². The van der Waals surface area contributed by atoms with Gasteiger partial charge >= 0.3 is 0 Å². The number of methoxy groups -OCH3 is 1. The zero-order chi connectivity index (χ0) is 9.84. The number of halogens is 1. The highest BCUT2D eigenvalue weighted by molar-refractivity contribution is 6.67. The van der Waals surface area contributed by atoms with Gasteiger partial charge < -0.3 is 4.74 Å². The maximum atomic E-state index is 10.8. The highest BCUT2D eigenvalue weighted by Gasteiger charge is 2.11. The van der Waals surface area contributed by atoms with Crippen molar-refractivity contribution >= 4 is 16.8 Å². The van der Waals surface area contributed by atoms with Gasteiger partial charge in [0.2, 0.25) is 0 Å². The van der Waals surface area contributed by atoms with Crippen LogP contribution in [0.15, 0.2) is 12.3 Å². The van der Waals surface area contributed by atoms with E-state index in [2.05, 4.69) is 4.98 Å². The average molecular weight is 197 g/mol. The number of carbonyl (C=O) groups excluding carboxylic acids is 1. The molecule has 0 radical (unpaired) electrons. The second kappa shape index (κ2) is 3.87. The molecule has 0 aromatic carbocycles. The van der Waals surface area contributed by atoms with Gasteiger partial charge in [0.1, 0.15) is 6.07 Å². The molecule has 4 nitrogen and oxygen atoms in total. The SMILES string of the molecule is COc1cc(C#N)cnc1C(=O)Cl. The van der Waals surface area contributed by atoms with Crippen molar-refractivity contribution in [3.63, 3.8) is 0 Å². The van der Waals surface area contributed by atoms with E-state index >= 15 is 0 Å². The van der Waals surface area contributed by atoms with E-state index in [-0.39, 0.29) is 11.4 Å². The predicted molar refractivity (Wildman–Crippen MR) is 45.7 cm³/mol. The van der Waals surface area contributed by atoms with Gasteiger partial charge in [-0.05, 0) is 11.6 Å². The number of pyridine rings is 1. The van der Waals surface area contributed by atoms with Gasteiger partial charge in [-0.15, -0.1) is 0 Å². The van der Waals surface area contributed by atoms with E-state index in [0.29, 0.717) is 5.56 Å². The van der Waals surface area contributed by atoms with Gasteiger partial charge in [-0.1, -0.05) is 0 Å². The van der Waals surface area contributed by atoms with Crippen LogP contribution in [0.1, 0.15) is 16.1 Å². The summed E-state index contributed by atoms with van der Waals surface area (Å²) in [6.45, 7) is 0. The fraction of sp³-hybridized carbons (Fsp3) is 0.125. The fourth-order valence-corrected chi connectivity index (χ4v) is 0.951. The third-order valence-corrected chi connectivity index (χ3v) is 1.57. The smallest absolute Gasteiger partial charge is 0.274 e. The van der Waals surface area contributed by atoms with Crippen LogP contribution < -0.4 is 4.74 Å². The standard InChI is InChI=1S/C8H5ClN2O2/c1-13-6-2-5(3-10)4-11-7(6)8(9)12/h2,4H,1H3. The van der Waals surface area contributed by atoms with Crippen molar-refractivity contribution in [3.8, 4) is 11.8 Å². The quantitative estimate of drug-likeness (QED) is 0.670. The van der Waals surface area contributed by atoms with Crippen LogP contribution in [-0.2, 0) is 0 Å². The van der Waals surface area contributed by atoms with Crippen molar-refractivity contribution in [2.75, 3.05) is 7.11 Å². The molecule has 1 aromatic rings. The first kappa shape index (κ1) is 9.49. The number of ether oxygens (including phenoxy) is 1. The molecule has 13 heavy (non-hydrogen) atoms. The molecule has 0 saturated heterocycles. The van der Waals surface area contributed by atoms with Crippen molar-refractivity contribution in [1.29, 1.82) is 5.26 Å². The Hall–Kier alpha value is -1.60. The third-order valence-electron chi connectivity index (χ3n) is 1.39. The number of rotatable bonds is 2. The first-order valence-corrected chi connectivity index (χ1v) is 3.70. The Labute approximate surface area is 79.7 Å². The van der Waals surface area contributed by atoms with Crippen LogP contribution in [-0.4, -0.2) is 17.3 Å². The molecule has 1 heterocycles. The fourth-order valence-electron chi connectivity index (χ4n) is 0.809. The summed E-state index contributed by atoms with van der Waals surface area (Å²) in [4.78, 5) is 14.5. The van der Waals surface area contributed by atoms with Crippen molar-refractivity contribution in [1.82, 2.24) is 4.98 Å². The number of hydrogen-bond donors (Lipinski definition) is 0. The molecule has 0 aliphatic rings. The lowest BCUT2D eigenvalue weighted by atomic mass is 10.2. The molecule has 5 heteroatoms. The lowest BCUT2D eigenvalue weighted by Crippen LogP contribution is -1.99. The van der Waals surface area contributed by atoms with Gasteiger partial charge in [-0.2, -0.15) is 5.26 Å². The van der Waals surface area contributed by atoms with Crippen molar-refractivity contribution in [3.05, 3.63) is 23.5 Å². The maximum absolute atomic E-state index is 10.8. The normalized spacial score (nSPS) is 9.00. The molecule has 0 saturated carbocycles. The summed E-state index contributed by atoms with van der Waals surface area (Å²) in [5.41, 5.74) is 0.335. The molecular formula is C8H5ClN2O2. The Morgan fingerprint density at radius 1 is 1.77 bits per heavy atom. The van der Waals surface area contributed by atoms with Gasteiger partial charge in [-0.25, -0.2) is 4.98 Å². The second-order valence-electron chi connectivity index (χ2n) is 2.16. The van der Waals surface area contributed by atoms with E-state index < -0.39 is 5.24 Å². The van der Waals surface area contributed by atoms with Crippen LogP contribution in [0.25, 0.3) is 0 Å². The van der Waals surface area contributed by atoms with Crippen molar-refractivity contribution < 1.29 is 9.53 Å². The number of aromatic nitrogens is 1. The van der Waals surface area contributed by atoms with Crippen LogP contribution in [0.2, 0.25) is 0 Å². The summed E-state index contributed by atoms with van der Waals surface area (Å²) in [6.07, 6.45) is 1.26. The monoisotopic (exact) mass is 196 g/mol. The highest BCUT2D eigenvalue weighted by Crippen LogP contribution is 2.18. The zero-order valence-electron chi connectivity index (χ0n) is 6.74. The Kier molecular flexibility index (Phi) is 2.83. The number of nitrogens with zero attached hydrogens (tertiary/aromatic N) is 2. The molecule has 0 N–H and O–H groups in total. The average Bonchev–Trinajstić information content (AvgIpc) is 2.16. The Morgan fingerprint density at radius 2 is 2.46 bits per heavy atom. The van der Waals surface area contributed by atoms with Crippen LogP contribution in [0.3, 0.4) is 0 Å². The minimum atomic E-state index is -0.707. The lowest BCUT2D eigenvalue weighted by molar-refractivity contribution is 0.107. The maximum Gasteiger partial charge on any atom is 0.274 e. The molecule has 1 aromatic heterocycles. The first-order valence-electron chi connectivity index (χ1n) is 3.33. The molecule has 0 aliphatic heterocycles. The number of hydrogen-bond acceptors (Lipinski definition) is 4. The molecule has 1 rings (SSSR count). The van der Waals surface area contributed by atoms with E-state index in [0.717, 1.165) is 0 Å². The largest absolute Gasteiger partial charge is 0.494 e. The van der Waals surface area contributed by atoms with Gasteiger partial charge in [-0.3, -0.25) is 4.79 Å². The molecule has 0 fully saturated rings. The molecule has 66 valence electrons. The minimum absolute atomic E-state index is 0.0168. The summed E-state index contributed by atoms with van der Waals surface area (Å²) in [5, 5.41) is 7.82. The van der Waals surface area contributed by atoms with Gasteiger partial charge in [0.05, 0.1) is 12.7 Å². The second-order valence-corrected chi connectivity index (χ2v) is 2.50. The van der Waals surface area contributed by atoms with E-state index in [1.165, 1.54) is 19.4 Å². The van der Waals surface area contributed by atoms with Gasteiger partial charge in [0.25, 0.3) is 5.24 Å². The van der Waals surface area contributed by atoms with Crippen molar-refractivity contribution in [2.24, 2.45) is 0 Å². The molecule has 0 aliphatic carbocycles. The van der Waals surface area contributed by atoms with Crippen molar-refractivity contribution in [2.45, 2.75) is 0 Å². The predicted octanol–water partition coefficient (Wildman–Crippen LogP) is 1.34. The first-order chi connectivity index (χ1) is 6.19. The summed E-state index contributed by atoms with van der Waals surface area (Å²) in [7, 11) is 1.38. The van der Waals surface area contributed by atoms with E-state index in [4.69, 9.17) is 21.6 Å². The van der Waals surface area contributed by atoms with Crippen LogP contribution in [0.4, 0.5) is 0 Å². The van der Waals surface area contributed by atoms with E-state index in [1.54, 1.807) is 0 Å². The van der Waals surface area contributed by atoms with Crippen LogP contribution in [0, 0.1) is 11.3 Å². The number of carbonyl (C=O) groups is 1. The molecule has 0 amide bonds. The molecule has 0 atom stereocenters. The minimum Gasteiger partial charge on any atom is -0.494 e. The van der Waals surface area contributed by atoms with Crippen LogP contribution >= 0.6 is 11.6 Å². The number of nitriles is 1. The molecule has 0 spiro atoms. The molecular weight excluding hydrogens is 192 g/mol. The van der Waals surface area contributed by atoms with E-state index in [9.17, 15) is 4.79 Å². The van der Waals surface area contributed by atoms with E-state index in [1.807, 2.05) is 6.07 Å². The highest BCUT2D eigenvalue weighted by atomic mass is 35.5. The molecule has 0 unspecified atom stereocenters. The zero-order valence-corrected chi connectivity index (χ0v) is 7.50. The van der Waals surface area contributed by atoms with Gasteiger partial charge in [0.15, 0.2) is 11.4 Å². The Morgan fingerprint density at radius 3 is 2.92 bits per heavy atom. The summed E-state index contributed by atoms with van der Waals surface area (Å²) < 4.78 is 4.83.